The van der Waals surface area contributed by atoms with Gasteiger partial charge in [0.05, 0.1) is 32.5 Å². The topological polar surface area (TPSA) is 270 Å². The van der Waals surface area contributed by atoms with Crippen molar-refractivity contribution >= 4 is 41.7 Å². The van der Waals surface area contributed by atoms with E-state index in [0.29, 0.717) is 25.9 Å². The van der Waals surface area contributed by atoms with E-state index in [1.807, 2.05) is 91.0 Å². The van der Waals surface area contributed by atoms with Crippen molar-refractivity contribution in [3.05, 3.63) is 108 Å². The van der Waals surface area contributed by atoms with E-state index in [1.165, 1.54) is 13.8 Å². The Kier molecular flexibility index (Phi) is 28.1. The average Bonchev–Trinajstić information content (AvgIpc) is 1.03. The maximum absolute atomic E-state index is 13.6. The van der Waals surface area contributed by atoms with Gasteiger partial charge < -0.3 is 76.4 Å². The molecule has 0 bridgehead atoms. The second-order valence-corrected chi connectivity index (χ2v) is 20.9. The number of benzene rings is 3. The maximum atomic E-state index is 13.6. The average molecular weight is 1190 g/mol. The number of nitrogens with one attached hydrogen (secondary N) is 1. The second kappa shape index (κ2) is 35.3. The number of amides is 1. The number of esters is 6. The Hall–Kier alpha value is -6.41. The van der Waals surface area contributed by atoms with Gasteiger partial charge in [0.1, 0.15) is 62.0 Å². The lowest BCUT2D eigenvalue weighted by Gasteiger charge is -2.51. The molecule has 0 unspecified atom stereocenters. The molecule has 23 heteroatoms. The monoisotopic (exact) mass is 1190 g/mol. The van der Waals surface area contributed by atoms with Crippen molar-refractivity contribution < 1.29 is 105 Å². The summed E-state index contributed by atoms with van der Waals surface area (Å²) in [5.74, 6) is -4.90. The van der Waals surface area contributed by atoms with Crippen LogP contribution in [0.2, 0.25) is 0 Å². The molecule has 1 N–H and O–H groups in total. The Bertz CT molecular complexity index is 2540. The normalized spacial score (nSPS) is 27.4. The first kappa shape index (κ1) is 67.7. The largest absolute Gasteiger partial charge is 0.466 e. The van der Waals surface area contributed by atoms with Crippen LogP contribution in [0.4, 0.5) is 0 Å². The quantitative estimate of drug-likeness (QED) is 0.0400. The molecular weight excluding hydrogens is 1110 g/mol. The van der Waals surface area contributed by atoms with E-state index < -0.39 is 141 Å². The molecule has 0 aromatic heterocycles. The highest BCUT2D eigenvalue weighted by atomic mass is 16.8. The van der Waals surface area contributed by atoms with Crippen LogP contribution in [-0.4, -0.2) is 160 Å². The fourth-order valence-corrected chi connectivity index (χ4v) is 10.2. The Morgan fingerprint density at radius 1 is 0.435 bits per heavy atom. The lowest BCUT2D eigenvalue weighted by atomic mass is 9.94. The summed E-state index contributed by atoms with van der Waals surface area (Å²) in [7, 11) is 0. The highest BCUT2D eigenvalue weighted by molar-refractivity contribution is 5.73. The van der Waals surface area contributed by atoms with Gasteiger partial charge in [0, 0.05) is 54.6 Å². The Balaban J connectivity index is 1.45. The van der Waals surface area contributed by atoms with Crippen molar-refractivity contribution in [3.8, 4) is 0 Å². The molecule has 23 nitrogen and oxygen atoms in total. The predicted molar refractivity (Wildman–Crippen MR) is 299 cm³/mol. The van der Waals surface area contributed by atoms with Gasteiger partial charge in [-0.25, -0.2) is 0 Å². The molecule has 6 rings (SSSR count). The Morgan fingerprint density at radius 3 is 1.40 bits per heavy atom. The highest BCUT2D eigenvalue weighted by Crippen LogP contribution is 2.38. The fraction of sp³-hybridized carbons (Fsp3) is 0.597. The number of unbranched alkanes of at least 4 members (excludes halogenated alkanes) is 5. The van der Waals surface area contributed by atoms with Crippen LogP contribution in [-0.2, 0) is 124 Å². The summed E-state index contributed by atoms with van der Waals surface area (Å²) in [5.41, 5.74) is 2.52. The number of ether oxygens (including phenoxy) is 15. The van der Waals surface area contributed by atoms with Gasteiger partial charge in [0.25, 0.3) is 0 Å². The van der Waals surface area contributed by atoms with E-state index in [-0.39, 0.29) is 32.4 Å². The van der Waals surface area contributed by atoms with Crippen LogP contribution in [0.5, 0.6) is 0 Å². The lowest BCUT2D eigenvalue weighted by molar-refractivity contribution is -0.379. The SMILES string of the molecule is CCOC(=O)CCCCCCCCO[C@H]1O[C@H](COC(C)=O)[C@@H](O[C@@H]2O[C@@H](C)[C@H](OCc3ccccc3)[C@H](OCc3ccccc3)[C@@H]2OCc2ccccc2)[C@H](O[C@H]2O[C@@H](COC(C)=O)[C@H](OC(C)=O)[C@H](OC(C)=O)[C@H]2OC(C)=O)[C@H]1NC(C)=O. The van der Waals surface area contributed by atoms with E-state index in [2.05, 4.69) is 5.32 Å². The van der Waals surface area contributed by atoms with E-state index in [9.17, 15) is 33.6 Å². The molecule has 0 saturated carbocycles. The van der Waals surface area contributed by atoms with Gasteiger partial charge in [0.15, 0.2) is 37.2 Å². The molecule has 3 fully saturated rings. The smallest absolute Gasteiger partial charge is 0.305 e. The first-order valence-electron chi connectivity index (χ1n) is 29.0. The first-order chi connectivity index (χ1) is 40.9. The number of hydrogen-bond acceptors (Lipinski definition) is 22. The van der Waals surface area contributed by atoms with Crippen LogP contribution in [0.3, 0.4) is 0 Å². The zero-order valence-electron chi connectivity index (χ0n) is 49.7. The minimum atomic E-state index is -1.83. The van der Waals surface area contributed by atoms with Gasteiger partial charge in [-0.3, -0.25) is 33.6 Å². The zero-order valence-corrected chi connectivity index (χ0v) is 49.7. The zero-order chi connectivity index (χ0) is 61.3. The number of carbonyl (C=O) groups is 7. The summed E-state index contributed by atoms with van der Waals surface area (Å²) in [4.78, 5) is 89.5. The molecule has 1 amide bonds. The van der Waals surface area contributed by atoms with Crippen molar-refractivity contribution in [2.24, 2.45) is 0 Å². The van der Waals surface area contributed by atoms with Crippen molar-refractivity contribution in [1.82, 2.24) is 5.32 Å². The van der Waals surface area contributed by atoms with Crippen molar-refractivity contribution in [1.29, 1.82) is 0 Å². The van der Waals surface area contributed by atoms with Gasteiger partial charge in [-0.1, -0.05) is 117 Å². The maximum Gasteiger partial charge on any atom is 0.305 e. The third kappa shape index (κ3) is 22.1. The molecule has 3 aromatic rings. The molecule has 3 aliphatic heterocycles. The first-order valence-corrected chi connectivity index (χ1v) is 29.0. The summed E-state index contributed by atoms with van der Waals surface area (Å²) in [5, 5.41) is 2.91. The fourth-order valence-electron chi connectivity index (χ4n) is 10.2. The molecule has 15 atom stereocenters. The molecule has 3 saturated heterocycles. The highest BCUT2D eigenvalue weighted by Gasteiger charge is 2.58. The minimum Gasteiger partial charge on any atom is -0.466 e. The molecule has 0 radical (unpaired) electrons. The van der Waals surface area contributed by atoms with Crippen LogP contribution in [0.25, 0.3) is 0 Å². The molecule has 0 spiro atoms. The molecular formula is C62H83NO22. The van der Waals surface area contributed by atoms with Crippen molar-refractivity contribution in [2.45, 2.75) is 212 Å². The van der Waals surface area contributed by atoms with Crippen LogP contribution in [0.1, 0.15) is 117 Å². The van der Waals surface area contributed by atoms with E-state index in [0.717, 1.165) is 70.1 Å². The lowest BCUT2D eigenvalue weighted by Crippen LogP contribution is -2.70. The Morgan fingerprint density at radius 2 is 0.882 bits per heavy atom. The summed E-state index contributed by atoms with van der Waals surface area (Å²) in [6.07, 6.45) is -14.4. The summed E-state index contributed by atoms with van der Waals surface area (Å²) in [6.45, 7) is 10.1. The molecule has 468 valence electrons. The van der Waals surface area contributed by atoms with Crippen molar-refractivity contribution in [3.63, 3.8) is 0 Å². The number of carbonyl (C=O) groups excluding carboxylic acids is 7. The molecule has 3 aromatic carbocycles. The van der Waals surface area contributed by atoms with Crippen LogP contribution < -0.4 is 5.32 Å². The summed E-state index contributed by atoms with van der Waals surface area (Å²) < 4.78 is 94.8. The van der Waals surface area contributed by atoms with Gasteiger partial charge in [-0.2, -0.15) is 0 Å². The van der Waals surface area contributed by atoms with E-state index >= 15 is 0 Å². The summed E-state index contributed by atoms with van der Waals surface area (Å²) in [6, 6.07) is 27.1. The van der Waals surface area contributed by atoms with E-state index in [4.69, 9.17) is 71.1 Å². The van der Waals surface area contributed by atoms with Gasteiger partial charge in [-0.15, -0.1) is 0 Å². The molecule has 85 heavy (non-hydrogen) atoms. The number of rotatable bonds is 32. The van der Waals surface area contributed by atoms with Crippen LogP contribution in [0.15, 0.2) is 91.0 Å². The summed E-state index contributed by atoms with van der Waals surface area (Å²) >= 11 is 0. The van der Waals surface area contributed by atoms with Gasteiger partial charge >= 0.3 is 35.8 Å². The third-order valence-electron chi connectivity index (χ3n) is 13.9. The van der Waals surface area contributed by atoms with E-state index in [1.54, 1.807) is 13.8 Å². The van der Waals surface area contributed by atoms with Gasteiger partial charge in [0.2, 0.25) is 5.91 Å². The molecule has 0 aliphatic carbocycles. The molecule has 3 aliphatic rings. The van der Waals surface area contributed by atoms with Crippen molar-refractivity contribution in [2.75, 3.05) is 26.4 Å². The minimum absolute atomic E-state index is 0.0282. The third-order valence-corrected chi connectivity index (χ3v) is 13.9. The molecule has 3 heterocycles. The predicted octanol–water partition coefficient (Wildman–Crippen LogP) is 6.44. The standard InChI is InChI=1S/C62H83NO22/c1-9-71-50(70)31-23-12-10-11-13-24-32-72-60-51(63-39(3)64)55(85-62-59(81-44(8)69)57(80-43(7)68)54(79-42(6)67)49(83-62)37-74-41(5)66)53(48(82-60)36-73-40(4)65)84-61-58(77-35-47-29-21-16-22-30-47)56(76-34-46-27-19-15-20-28-46)52(38(2)78-61)75-33-45-25-17-14-18-26-45/h14-22,25-30,38,48-49,51-62H,9-13,23-24,31-37H2,1-8H3,(H,63,64)/t38-,48+,49-,51+,52-,53+,54-,55+,56-,57-,58-,59+,60-,61-,62+/m0/s1. The van der Waals surface area contributed by atoms with Crippen LogP contribution in [0, 0.1) is 0 Å². The van der Waals surface area contributed by atoms with Crippen LogP contribution >= 0.6 is 0 Å². The number of hydrogen-bond donors (Lipinski definition) is 1. The Labute approximate surface area is 496 Å². The van der Waals surface area contributed by atoms with Gasteiger partial charge in [-0.05, 0) is 43.4 Å². The second-order valence-electron chi connectivity index (χ2n) is 20.9.